The van der Waals surface area contributed by atoms with Gasteiger partial charge in [0.2, 0.25) is 5.91 Å². The highest BCUT2D eigenvalue weighted by atomic mass is 19.2. The number of hydrogen-bond acceptors (Lipinski definition) is 3. The van der Waals surface area contributed by atoms with E-state index in [4.69, 9.17) is 4.74 Å². The van der Waals surface area contributed by atoms with E-state index in [0.29, 0.717) is 31.2 Å². The molecule has 1 saturated heterocycles. The number of carbonyl (C=O) groups is 1. The predicted octanol–water partition coefficient (Wildman–Crippen LogP) is 3.53. The van der Waals surface area contributed by atoms with Crippen LogP contribution in [0.15, 0.2) is 12.1 Å². The number of hydrogen-bond donors (Lipinski definition) is 0. The maximum atomic E-state index is 13.6. The lowest BCUT2D eigenvalue weighted by Crippen LogP contribution is -2.40. The minimum absolute atomic E-state index is 0.000641. The lowest BCUT2D eigenvalue weighted by atomic mass is 10.0. The highest BCUT2D eigenvalue weighted by Crippen LogP contribution is 2.31. The molecule has 1 aromatic rings. The quantitative estimate of drug-likeness (QED) is 0.728. The Balaban J connectivity index is 1.24. The third-order valence-electron chi connectivity index (χ3n) is 5.98. The molecule has 0 aromatic heterocycles. The molecule has 3 aliphatic rings. The molecule has 1 amide bonds. The Kier molecular flexibility index (Phi) is 5.74. The highest BCUT2D eigenvalue weighted by molar-refractivity contribution is 5.96. The minimum Gasteiger partial charge on any atom is -0.378 e. The van der Waals surface area contributed by atoms with E-state index < -0.39 is 11.6 Å². The summed E-state index contributed by atoms with van der Waals surface area (Å²) in [4.78, 5) is 16.3. The fraction of sp³-hybridized carbons (Fsp3) is 0.667. The Hall–Kier alpha value is -1.53. The molecule has 0 atom stereocenters. The van der Waals surface area contributed by atoms with E-state index in [1.54, 1.807) is 4.90 Å². The number of halogens is 2. The lowest BCUT2D eigenvalue weighted by Gasteiger charge is -2.33. The van der Waals surface area contributed by atoms with Crippen molar-refractivity contribution in [3.63, 3.8) is 0 Å². The second-order valence-corrected chi connectivity index (χ2v) is 8.11. The molecule has 4 nitrogen and oxygen atoms in total. The number of ether oxygens (including phenoxy) is 1. The number of piperidine rings is 1. The molecule has 6 heteroatoms. The van der Waals surface area contributed by atoms with Crippen molar-refractivity contribution in [2.24, 2.45) is 5.92 Å². The van der Waals surface area contributed by atoms with Crippen molar-refractivity contribution in [2.45, 2.75) is 51.0 Å². The molecule has 2 aliphatic heterocycles. The van der Waals surface area contributed by atoms with Crippen LogP contribution in [-0.2, 0) is 16.0 Å². The Bertz CT molecular complexity index is 685. The molecule has 148 valence electrons. The number of nitrogens with zero attached hydrogens (tertiary/aromatic N) is 2. The minimum atomic E-state index is -0.887. The summed E-state index contributed by atoms with van der Waals surface area (Å²) in [5.41, 5.74) is 1.26. The average Bonchev–Trinajstić information content (AvgIpc) is 3.49. The van der Waals surface area contributed by atoms with Gasteiger partial charge in [-0.25, -0.2) is 8.78 Å². The number of fused-ring (bicyclic) bond motifs is 1. The van der Waals surface area contributed by atoms with Gasteiger partial charge in [-0.1, -0.05) is 0 Å². The van der Waals surface area contributed by atoms with Gasteiger partial charge >= 0.3 is 0 Å². The number of likely N-dealkylation sites (tertiary alicyclic amines) is 1. The molecular formula is C21H28F2N2O2. The molecule has 1 aromatic carbocycles. The van der Waals surface area contributed by atoms with Crippen molar-refractivity contribution in [2.75, 3.05) is 37.7 Å². The fourth-order valence-corrected chi connectivity index (χ4v) is 4.09. The van der Waals surface area contributed by atoms with Crippen molar-refractivity contribution in [1.82, 2.24) is 4.90 Å². The van der Waals surface area contributed by atoms with E-state index >= 15 is 0 Å². The predicted molar refractivity (Wildman–Crippen MR) is 99.8 cm³/mol. The molecule has 2 heterocycles. The van der Waals surface area contributed by atoms with Crippen LogP contribution in [0.1, 0.15) is 44.1 Å². The average molecular weight is 378 g/mol. The van der Waals surface area contributed by atoms with Gasteiger partial charge in [0.05, 0.1) is 6.10 Å². The first-order chi connectivity index (χ1) is 13.1. The van der Waals surface area contributed by atoms with Gasteiger partial charge in [-0.05, 0) is 62.6 Å². The van der Waals surface area contributed by atoms with Gasteiger partial charge in [0, 0.05) is 44.4 Å². The van der Waals surface area contributed by atoms with E-state index in [9.17, 15) is 13.6 Å². The lowest BCUT2D eigenvalue weighted by molar-refractivity contribution is -0.118. The second kappa shape index (κ2) is 8.23. The summed E-state index contributed by atoms with van der Waals surface area (Å²) in [6, 6.07) is 2.40. The number of carbonyl (C=O) groups excluding carboxylic acids is 1. The molecule has 0 radical (unpaired) electrons. The summed E-state index contributed by atoms with van der Waals surface area (Å²) < 4.78 is 33.1. The third kappa shape index (κ3) is 4.66. The van der Waals surface area contributed by atoms with Crippen molar-refractivity contribution in [3.05, 3.63) is 29.3 Å². The standard InChI is InChI=1S/C21H28F2N2O2/c22-18-12-16-4-5-21(26)25(20(16)13-19(18)23)9-1-8-24-10-6-17(7-11-24)27-14-15-2-3-15/h12-13,15,17H,1-11,14H2. The Labute approximate surface area is 159 Å². The van der Waals surface area contributed by atoms with Crippen LogP contribution in [-0.4, -0.2) is 49.7 Å². The van der Waals surface area contributed by atoms with Gasteiger partial charge in [-0.3, -0.25) is 4.79 Å². The first-order valence-corrected chi connectivity index (χ1v) is 10.2. The smallest absolute Gasteiger partial charge is 0.227 e. The number of amides is 1. The zero-order valence-corrected chi connectivity index (χ0v) is 15.8. The number of benzene rings is 1. The molecule has 2 fully saturated rings. The van der Waals surface area contributed by atoms with Crippen molar-refractivity contribution >= 4 is 11.6 Å². The first kappa shape index (κ1) is 18.8. The van der Waals surface area contributed by atoms with Gasteiger partial charge in [0.25, 0.3) is 0 Å². The summed E-state index contributed by atoms with van der Waals surface area (Å²) in [5, 5.41) is 0. The van der Waals surface area contributed by atoms with Crippen LogP contribution in [0.4, 0.5) is 14.5 Å². The van der Waals surface area contributed by atoms with E-state index in [0.717, 1.165) is 57.0 Å². The molecule has 0 N–H and O–H groups in total. The normalized spacial score (nSPS) is 21.6. The number of rotatable bonds is 7. The van der Waals surface area contributed by atoms with Crippen molar-refractivity contribution < 1.29 is 18.3 Å². The van der Waals surface area contributed by atoms with Crippen LogP contribution >= 0.6 is 0 Å². The maximum absolute atomic E-state index is 13.6. The Morgan fingerprint density at radius 2 is 1.74 bits per heavy atom. The van der Waals surface area contributed by atoms with E-state index in [1.807, 2.05) is 0 Å². The number of aryl methyl sites for hydroxylation is 1. The van der Waals surface area contributed by atoms with E-state index in [2.05, 4.69) is 4.90 Å². The topological polar surface area (TPSA) is 32.8 Å². The summed E-state index contributed by atoms with van der Waals surface area (Å²) >= 11 is 0. The van der Waals surface area contributed by atoms with Gasteiger partial charge in [-0.15, -0.1) is 0 Å². The molecule has 27 heavy (non-hydrogen) atoms. The highest BCUT2D eigenvalue weighted by Gasteiger charge is 2.27. The molecule has 1 saturated carbocycles. The molecular weight excluding hydrogens is 350 g/mol. The van der Waals surface area contributed by atoms with Crippen LogP contribution in [0, 0.1) is 17.6 Å². The summed E-state index contributed by atoms with van der Waals surface area (Å²) in [6.07, 6.45) is 6.87. The van der Waals surface area contributed by atoms with Crippen molar-refractivity contribution in [1.29, 1.82) is 0 Å². The van der Waals surface area contributed by atoms with Crippen LogP contribution in [0.25, 0.3) is 0 Å². The zero-order chi connectivity index (χ0) is 18.8. The molecule has 0 bridgehead atoms. The first-order valence-electron chi connectivity index (χ1n) is 10.2. The summed E-state index contributed by atoms with van der Waals surface area (Å²) in [5.74, 6) is -0.913. The van der Waals surface area contributed by atoms with Gasteiger partial charge < -0.3 is 14.5 Å². The van der Waals surface area contributed by atoms with Crippen LogP contribution in [0.5, 0.6) is 0 Å². The zero-order valence-electron chi connectivity index (χ0n) is 15.8. The monoisotopic (exact) mass is 378 g/mol. The Morgan fingerprint density at radius 3 is 2.48 bits per heavy atom. The molecule has 0 spiro atoms. The van der Waals surface area contributed by atoms with Crippen LogP contribution < -0.4 is 4.90 Å². The molecule has 0 unspecified atom stereocenters. The second-order valence-electron chi connectivity index (χ2n) is 8.11. The summed E-state index contributed by atoms with van der Waals surface area (Å²) in [7, 11) is 0. The van der Waals surface area contributed by atoms with Crippen molar-refractivity contribution in [3.8, 4) is 0 Å². The van der Waals surface area contributed by atoms with E-state index in [1.165, 1.54) is 25.0 Å². The molecule has 1 aliphatic carbocycles. The largest absolute Gasteiger partial charge is 0.378 e. The van der Waals surface area contributed by atoms with E-state index in [-0.39, 0.29) is 5.91 Å². The number of anilines is 1. The summed E-state index contributed by atoms with van der Waals surface area (Å²) in [6.45, 7) is 4.45. The maximum Gasteiger partial charge on any atom is 0.227 e. The van der Waals surface area contributed by atoms with Gasteiger partial charge in [0.1, 0.15) is 0 Å². The SMILES string of the molecule is O=C1CCc2cc(F)c(F)cc2N1CCCN1CCC(OCC2CC2)CC1. The van der Waals surface area contributed by atoms with Crippen LogP contribution in [0.3, 0.4) is 0 Å². The van der Waals surface area contributed by atoms with Gasteiger partial charge in [-0.2, -0.15) is 0 Å². The Morgan fingerprint density at radius 1 is 1.00 bits per heavy atom. The third-order valence-corrected chi connectivity index (χ3v) is 5.98. The van der Waals surface area contributed by atoms with Gasteiger partial charge in [0.15, 0.2) is 11.6 Å². The fourth-order valence-electron chi connectivity index (χ4n) is 4.09. The molecule has 4 rings (SSSR count). The van der Waals surface area contributed by atoms with Crippen LogP contribution in [0.2, 0.25) is 0 Å².